The number of hydrogen-bond acceptors (Lipinski definition) is 6. The maximum absolute atomic E-state index is 12.9. The van der Waals surface area contributed by atoms with Gasteiger partial charge in [0.2, 0.25) is 0 Å². The molecular weight excluding hydrogens is 462 g/mol. The van der Waals surface area contributed by atoms with Crippen LogP contribution in [0.15, 0.2) is 65.6 Å². The van der Waals surface area contributed by atoms with E-state index >= 15 is 0 Å². The molecule has 0 spiro atoms. The lowest BCUT2D eigenvalue weighted by molar-refractivity contribution is -0.122. The van der Waals surface area contributed by atoms with Crippen LogP contribution in [0.3, 0.4) is 0 Å². The number of para-hydroxylation sites is 1. The van der Waals surface area contributed by atoms with Crippen molar-refractivity contribution in [3.05, 3.63) is 86.7 Å². The molecule has 0 saturated heterocycles. The molecule has 1 unspecified atom stereocenters. The van der Waals surface area contributed by atoms with Gasteiger partial charge in [-0.1, -0.05) is 36.7 Å². The Kier molecular flexibility index (Phi) is 6.96. The van der Waals surface area contributed by atoms with Crippen molar-refractivity contribution in [1.82, 2.24) is 9.38 Å². The molecule has 170 valence electrons. The van der Waals surface area contributed by atoms with Crippen molar-refractivity contribution in [3.8, 4) is 11.5 Å². The minimum atomic E-state index is -0.689. The third kappa shape index (κ3) is 5.53. The van der Waals surface area contributed by atoms with Gasteiger partial charge in [0.15, 0.2) is 11.1 Å². The lowest BCUT2D eigenvalue weighted by Crippen LogP contribution is -2.32. The first-order chi connectivity index (χ1) is 15.9. The van der Waals surface area contributed by atoms with Crippen LogP contribution in [0.2, 0.25) is 5.02 Å². The van der Waals surface area contributed by atoms with Crippen LogP contribution in [0.25, 0.3) is 4.96 Å². The predicted molar refractivity (Wildman–Crippen MR) is 130 cm³/mol. The molecule has 33 heavy (non-hydrogen) atoms. The standard InChI is InChI=1S/C24H22ClN3O4S/c1-3-20(32-18-7-5-4-6-8-18)23(30)27-19-11-16(25)9-10-21(19)31-14-17-12-22(29)28-13-15(2)33-24(28)26-17/h4-13,20H,3,14H2,1-2H3,(H,27,30). The van der Waals surface area contributed by atoms with Crippen LogP contribution in [0.4, 0.5) is 5.69 Å². The molecule has 0 fully saturated rings. The van der Waals surface area contributed by atoms with E-state index in [1.807, 2.05) is 32.0 Å². The van der Waals surface area contributed by atoms with Gasteiger partial charge in [-0.2, -0.15) is 0 Å². The highest BCUT2D eigenvalue weighted by Crippen LogP contribution is 2.29. The van der Waals surface area contributed by atoms with E-state index < -0.39 is 6.10 Å². The normalized spacial score (nSPS) is 11.8. The topological polar surface area (TPSA) is 81.9 Å². The molecule has 1 atom stereocenters. The summed E-state index contributed by atoms with van der Waals surface area (Å²) in [7, 11) is 0. The molecule has 4 rings (SSSR count). The number of rotatable bonds is 8. The van der Waals surface area contributed by atoms with E-state index in [-0.39, 0.29) is 18.1 Å². The molecule has 7 nitrogen and oxygen atoms in total. The van der Waals surface area contributed by atoms with Crippen molar-refractivity contribution >= 4 is 39.5 Å². The third-order valence-electron chi connectivity index (χ3n) is 4.80. The molecule has 0 bridgehead atoms. The van der Waals surface area contributed by atoms with Gasteiger partial charge in [0.05, 0.1) is 11.4 Å². The van der Waals surface area contributed by atoms with Gasteiger partial charge in [-0.15, -0.1) is 11.3 Å². The molecule has 2 aromatic heterocycles. The van der Waals surface area contributed by atoms with Crippen LogP contribution in [0.1, 0.15) is 23.9 Å². The molecule has 0 aliphatic heterocycles. The summed E-state index contributed by atoms with van der Waals surface area (Å²) in [6, 6.07) is 15.5. The maximum Gasteiger partial charge on any atom is 0.265 e. The number of fused-ring (bicyclic) bond motifs is 1. The summed E-state index contributed by atoms with van der Waals surface area (Å²) >= 11 is 7.59. The largest absolute Gasteiger partial charge is 0.485 e. The fraction of sp³-hybridized carbons (Fsp3) is 0.208. The Balaban J connectivity index is 1.50. The lowest BCUT2D eigenvalue weighted by atomic mass is 10.2. The predicted octanol–water partition coefficient (Wildman–Crippen LogP) is 5.09. The first-order valence-electron chi connectivity index (χ1n) is 10.4. The molecule has 0 radical (unpaired) electrons. The van der Waals surface area contributed by atoms with Crippen molar-refractivity contribution in [3.63, 3.8) is 0 Å². The Hall–Kier alpha value is -3.36. The lowest BCUT2D eigenvalue weighted by Gasteiger charge is -2.19. The number of anilines is 1. The third-order valence-corrected chi connectivity index (χ3v) is 5.93. The van der Waals surface area contributed by atoms with E-state index in [1.54, 1.807) is 36.5 Å². The Labute approximate surface area is 199 Å². The second-order valence-corrected chi connectivity index (χ2v) is 8.98. The molecule has 0 aliphatic carbocycles. The first kappa shape index (κ1) is 22.8. The van der Waals surface area contributed by atoms with Gasteiger partial charge < -0.3 is 14.8 Å². The summed E-state index contributed by atoms with van der Waals surface area (Å²) < 4.78 is 13.2. The molecule has 0 saturated carbocycles. The van der Waals surface area contributed by atoms with Crippen molar-refractivity contribution in [1.29, 1.82) is 0 Å². The molecular formula is C24H22ClN3O4S. The average molecular weight is 484 g/mol. The van der Waals surface area contributed by atoms with Crippen LogP contribution in [0.5, 0.6) is 11.5 Å². The van der Waals surface area contributed by atoms with Gasteiger partial charge in [0.1, 0.15) is 18.1 Å². The number of carbonyl (C=O) groups excluding carboxylic acids is 1. The summed E-state index contributed by atoms with van der Waals surface area (Å²) in [6.07, 6.45) is 1.55. The molecule has 4 aromatic rings. The second-order valence-electron chi connectivity index (χ2n) is 7.33. The van der Waals surface area contributed by atoms with Gasteiger partial charge in [0.25, 0.3) is 11.5 Å². The number of amides is 1. The molecule has 1 N–H and O–H groups in total. The van der Waals surface area contributed by atoms with Crippen LogP contribution < -0.4 is 20.3 Å². The summed E-state index contributed by atoms with van der Waals surface area (Å²) in [5, 5.41) is 3.29. The molecule has 9 heteroatoms. The zero-order valence-corrected chi connectivity index (χ0v) is 19.7. The van der Waals surface area contributed by atoms with E-state index in [0.29, 0.717) is 39.3 Å². The number of nitrogens with zero attached hydrogens (tertiary/aromatic N) is 2. The highest BCUT2D eigenvalue weighted by molar-refractivity contribution is 7.16. The van der Waals surface area contributed by atoms with Gasteiger partial charge in [-0.05, 0) is 43.7 Å². The van der Waals surface area contributed by atoms with Crippen LogP contribution >= 0.6 is 22.9 Å². The molecule has 0 aliphatic rings. The van der Waals surface area contributed by atoms with Gasteiger partial charge >= 0.3 is 0 Å². The summed E-state index contributed by atoms with van der Waals surface area (Å²) in [4.78, 5) is 31.3. The van der Waals surface area contributed by atoms with E-state index in [4.69, 9.17) is 21.1 Å². The first-order valence-corrected chi connectivity index (χ1v) is 11.6. The molecule has 2 aromatic carbocycles. The maximum atomic E-state index is 12.9. The number of hydrogen-bond donors (Lipinski definition) is 1. The van der Waals surface area contributed by atoms with Crippen LogP contribution in [-0.2, 0) is 11.4 Å². The Morgan fingerprint density at radius 1 is 1.21 bits per heavy atom. The highest BCUT2D eigenvalue weighted by Gasteiger charge is 2.20. The number of aromatic nitrogens is 2. The van der Waals surface area contributed by atoms with Crippen molar-refractivity contribution in [2.24, 2.45) is 0 Å². The van der Waals surface area contributed by atoms with Crippen LogP contribution in [0, 0.1) is 6.92 Å². The fourth-order valence-electron chi connectivity index (χ4n) is 3.21. The minimum absolute atomic E-state index is 0.0604. The number of carbonyl (C=O) groups is 1. The average Bonchev–Trinajstić information content (AvgIpc) is 3.18. The summed E-state index contributed by atoms with van der Waals surface area (Å²) in [6.45, 7) is 3.85. The zero-order chi connectivity index (χ0) is 23.4. The smallest absolute Gasteiger partial charge is 0.265 e. The number of halogens is 1. The van der Waals surface area contributed by atoms with Gasteiger partial charge in [-0.25, -0.2) is 4.98 Å². The highest BCUT2D eigenvalue weighted by atomic mass is 35.5. The van der Waals surface area contributed by atoms with Crippen molar-refractivity contribution < 1.29 is 14.3 Å². The monoisotopic (exact) mass is 483 g/mol. The van der Waals surface area contributed by atoms with Gasteiger partial charge in [0, 0.05) is 22.2 Å². The number of nitrogens with one attached hydrogen (secondary N) is 1. The van der Waals surface area contributed by atoms with Crippen molar-refractivity contribution in [2.45, 2.75) is 33.0 Å². The Morgan fingerprint density at radius 2 is 2.00 bits per heavy atom. The minimum Gasteiger partial charge on any atom is -0.485 e. The second kappa shape index (κ2) is 10.1. The fourth-order valence-corrected chi connectivity index (χ4v) is 4.23. The van der Waals surface area contributed by atoms with E-state index in [2.05, 4.69) is 10.3 Å². The van der Waals surface area contributed by atoms with Crippen LogP contribution in [-0.4, -0.2) is 21.4 Å². The number of benzene rings is 2. The SMILES string of the molecule is CCC(Oc1ccccc1)C(=O)Nc1cc(Cl)ccc1OCc1cc(=O)n2cc(C)sc2n1. The number of thiazole rings is 1. The van der Waals surface area contributed by atoms with E-state index in [0.717, 1.165) is 4.88 Å². The van der Waals surface area contributed by atoms with Crippen molar-refractivity contribution in [2.75, 3.05) is 5.32 Å². The molecule has 1 amide bonds. The van der Waals surface area contributed by atoms with E-state index in [1.165, 1.54) is 21.8 Å². The molecule has 2 heterocycles. The quantitative estimate of drug-likeness (QED) is 0.377. The number of aryl methyl sites for hydroxylation is 1. The Morgan fingerprint density at radius 3 is 2.76 bits per heavy atom. The number of ether oxygens (including phenoxy) is 2. The van der Waals surface area contributed by atoms with Gasteiger partial charge in [-0.3, -0.25) is 14.0 Å². The zero-order valence-electron chi connectivity index (χ0n) is 18.1. The Bertz CT molecular complexity index is 1340. The van der Waals surface area contributed by atoms with E-state index in [9.17, 15) is 9.59 Å². The summed E-state index contributed by atoms with van der Waals surface area (Å²) in [5.74, 6) is 0.700. The summed E-state index contributed by atoms with van der Waals surface area (Å²) in [5.41, 5.74) is 0.733.